The first-order chi connectivity index (χ1) is 13.0. The van der Waals surface area contributed by atoms with Crippen LogP contribution >= 0.6 is 0 Å². The molecule has 2 aromatic carbocycles. The van der Waals surface area contributed by atoms with Gasteiger partial charge in [-0.25, -0.2) is 34.4 Å². The van der Waals surface area contributed by atoms with Crippen molar-refractivity contribution in [3.05, 3.63) is 59.9 Å². The molecular formula is C17H18FNO6S3. The van der Waals surface area contributed by atoms with Crippen LogP contribution in [0.1, 0.15) is 12.0 Å². The monoisotopic (exact) mass is 447 g/mol. The molecule has 11 heteroatoms. The second-order valence-electron chi connectivity index (χ2n) is 6.46. The van der Waals surface area contributed by atoms with Crippen LogP contribution in [0.4, 0.5) is 4.39 Å². The normalized spacial score (nSPS) is 19.5. The summed E-state index contributed by atoms with van der Waals surface area (Å²) in [6.45, 7) is -0.299. The van der Waals surface area contributed by atoms with Crippen molar-refractivity contribution < 1.29 is 29.6 Å². The number of benzene rings is 2. The van der Waals surface area contributed by atoms with Gasteiger partial charge in [0.2, 0.25) is 10.0 Å². The van der Waals surface area contributed by atoms with Crippen molar-refractivity contribution in [1.82, 2.24) is 4.72 Å². The zero-order chi connectivity index (χ0) is 20.6. The van der Waals surface area contributed by atoms with Gasteiger partial charge in [0, 0.05) is 12.1 Å². The number of halogens is 1. The number of sulfonamides is 1. The van der Waals surface area contributed by atoms with Crippen molar-refractivity contribution in [3.63, 3.8) is 0 Å². The Balaban J connectivity index is 1.85. The Morgan fingerprint density at radius 1 is 1.00 bits per heavy atom. The largest absolute Gasteiger partial charge is 0.240 e. The Bertz CT molecular complexity index is 1210. The maximum Gasteiger partial charge on any atom is 0.240 e. The van der Waals surface area contributed by atoms with Crippen LogP contribution in [0, 0.1) is 5.82 Å². The van der Waals surface area contributed by atoms with Crippen LogP contribution in [0.5, 0.6) is 0 Å². The lowest BCUT2D eigenvalue weighted by atomic mass is 10.2. The van der Waals surface area contributed by atoms with E-state index in [1.54, 1.807) is 6.07 Å². The Hall–Kier alpha value is -1.82. The van der Waals surface area contributed by atoms with Crippen LogP contribution < -0.4 is 4.72 Å². The van der Waals surface area contributed by atoms with Crippen molar-refractivity contribution in [2.75, 3.05) is 11.5 Å². The van der Waals surface area contributed by atoms with E-state index in [1.165, 1.54) is 36.4 Å². The van der Waals surface area contributed by atoms with E-state index in [1.807, 2.05) is 0 Å². The summed E-state index contributed by atoms with van der Waals surface area (Å²) < 4.78 is 89.5. The molecule has 2 aromatic rings. The average molecular weight is 448 g/mol. The lowest BCUT2D eigenvalue weighted by molar-refractivity contribution is 0.573. The average Bonchev–Trinajstić information content (AvgIpc) is 3.02. The standard InChI is InChI=1S/C17H18FNO6S3/c18-17-7-2-1-4-13(17)11-19-28(24,25)15-6-3-5-14(10-15)27(22,23)16-8-9-26(20,21)12-16/h1-7,10,16,19H,8-9,11-12H2. The molecule has 152 valence electrons. The SMILES string of the molecule is O=S1(=O)CCC(S(=O)(=O)c2cccc(S(=O)(=O)NCc3ccccc3F)c2)C1. The molecule has 1 saturated heterocycles. The first-order valence-electron chi connectivity index (χ1n) is 8.29. The van der Waals surface area contributed by atoms with Crippen molar-refractivity contribution in [2.24, 2.45) is 0 Å². The van der Waals surface area contributed by atoms with E-state index in [-0.39, 0.29) is 34.1 Å². The highest BCUT2D eigenvalue weighted by Gasteiger charge is 2.38. The van der Waals surface area contributed by atoms with Gasteiger partial charge in [-0.2, -0.15) is 0 Å². The molecule has 1 aliphatic heterocycles. The van der Waals surface area contributed by atoms with Crippen molar-refractivity contribution in [3.8, 4) is 0 Å². The van der Waals surface area contributed by atoms with E-state index in [9.17, 15) is 29.6 Å². The maximum atomic E-state index is 13.7. The van der Waals surface area contributed by atoms with E-state index >= 15 is 0 Å². The molecule has 1 aliphatic rings. The quantitative estimate of drug-likeness (QED) is 0.713. The van der Waals surface area contributed by atoms with Crippen LogP contribution in [0.25, 0.3) is 0 Å². The van der Waals surface area contributed by atoms with E-state index in [4.69, 9.17) is 0 Å². The second-order valence-corrected chi connectivity index (χ2v) is 12.7. The van der Waals surface area contributed by atoms with Crippen LogP contribution in [0.15, 0.2) is 58.3 Å². The highest BCUT2D eigenvalue weighted by atomic mass is 32.2. The molecule has 1 unspecified atom stereocenters. The van der Waals surface area contributed by atoms with Gasteiger partial charge in [0.1, 0.15) is 5.82 Å². The van der Waals surface area contributed by atoms with E-state index in [0.29, 0.717) is 0 Å². The first kappa shape index (κ1) is 20.9. The van der Waals surface area contributed by atoms with Crippen LogP contribution in [-0.2, 0) is 36.2 Å². The molecule has 0 aliphatic carbocycles. The van der Waals surface area contributed by atoms with Gasteiger partial charge in [-0.05, 0) is 30.7 Å². The zero-order valence-electron chi connectivity index (χ0n) is 14.6. The Labute approximate surface area is 163 Å². The predicted molar refractivity (Wildman–Crippen MR) is 101 cm³/mol. The Morgan fingerprint density at radius 2 is 1.68 bits per heavy atom. The van der Waals surface area contributed by atoms with E-state index in [0.717, 1.165) is 6.07 Å². The van der Waals surface area contributed by atoms with Gasteiger partial charge in [-0.1, -0.05) is 24.3 Å². The summed E-state index contributed by atoms with van der Waals surface area (Å²) >= 11 is 0. The summed E-state index contributed by atoms with van der Waals surface area (Å²) in [4.78, 5) is -0.561. The summed E-state index contributed by atoms with van der Waals surface area (Å²) in [6.07, 6.45) is -0.0207. The summed E-state index contributed by atoms with van der Waals surface area (Å²) in [5, 5.41) is -1.10. The van der Waals surface area contributed by atoms with Crippen LogP contribution in [0.3, 0.4) is 0 Å². The third-order valence-electron chi connectivity index (χ3n) is 4.48. The molecule has 0 aromatic heterocycles. The lowest BCUT2D eigenvalue weighted by Gasteiger charge is -2.12. The Kier molecular flexibility index (Phi) is 5.63. The third kappa shape index (κ3) is 4.43. The summed E-state index contributed by atoms with van der Waals surface area (Å²) in [5.41, 5.74) is 0.144. The fourth-order valence-corrected chi connectivity index (χ4v) is 8.44. The molecule has 1 heterocycles. The molecule has 1 fully saturated rings. The molecule has 0 amide bonds. The van der Waals surface area contributed by atoms with Crippen molar-refractivity contribution in [1.29, 1.82) is 0 Å². The molecule has 1 atom stereocenters. The topological polar surface area (TPSA) is 114 Å². The van der Waals surface area contributed by atoms with Crippen molar-refractivity contribution >= 4 is 29.7 Å². The van der Waals surface area contributed by atoms with Gasteiger partial charge >= 0.3 is 0 Å². The predicted octanol–water partition coefficient (Wildman–Crippen LogP) is 1.26. The van der Waals surface area contributed by atoms with Crippen LogP contribution in [0.2, 0.25) is 0 Å². The summed E-state index contributed by atoms with van der Waals surface area (Å²) in [6, 6.07) is 10.4. The molecule has 0 saturated carbocycles. The molecule has 0 radical (unpaired) electrons. The minimum Gasteiger partial charge on any atom is -0.229 e. The number of nitrogens with one attached hydrogen (secondary N) is 1. The minimum absolute atomic E-state index is 0.0207. The van der Waals surface area contributed by atoms with Gasteiger partial charge in [0.05, 0.1) is 26.5 Å². The van der Waals surface area contributed by atoms with Crippen molar-refractivity contribution in [2.45, 2.75) is 28.0 Å². The molecule has 1 N–H and O–H groups in total. The summed E-state index contributed by atoms with van der Waals surface area (Å²) in [7, 11) is -11.5. The summed E-state index contributed by atoms with van der Waals surface area (Å²) in [5.74, 6) is -1.25. The van der Waals surface area contributed by atoms with Gasteiger partial charge in [-0.15, -0.1) is 0 Å². The second kappa shape index (κ2) is 7.54. The van der Waals surface area contributed by atoms with Crippen LogP contribution in [-0.4, -0.2) is 42.0 Å². The lowest BCUT2D eigenvalue weighted by Crippen LogP contribution is -2.25. The fourth-order valence-electron chi connectivity index (χ4n) is 2.91. The molecule has 7 nitrogen and oxygen atoms in total. The molecular weight excluding hydrogens is 429 g/mol. The molecule has 28 heavy (non-hydrogen) atoms. The zero-order valence-corrected chi connectivity index (χ0v) is 17.0. The third-order valence-corrected chi connectivity index (χ3v) is 10.1. The smallest absolute Gasteiger partial charge is 0.229 e. The maximum absolute atomic E-state index is 13.7. The van der Waals surface area contributed by atoms with E-state index < -0.39 is 46.5 Å². The molecule has 0 bridgehead atoms. The Morgan fingerprint density at radius 3 is 2.32 bits per heavy atom. The van der Waals surface area contributed by atoms with Gasteiger partial charge < -0.3 is 0 Å². The number of hydrogen-bond acceptors (Lipinski definition) is 6. The molecule has 0 spiro atoms. The number of sulfone groups is 2. The fraction of sp³-hybridized carbons (Fsp3) is 0.294. The highest BCUT2D eigenvalue weighted by molar-refractivity contribution is 7.96. The molecule has 3 rings (SSSR count). The van der Waals surface area contributed by atoms with E-state index in [2.05, 4.69) is 4.72 Å². The minimum atomic E-state index is -4.10. The van der Waals surface area contributed by atoms with Gasteiger partial charge in [-0.3, -0.25) is 0 Å². The number of rotatable bonds is 6. The van der Waals surface area contributed by atoms with Gasteiger partial charge in [0.25, 0.3) is 0 Å². The number of hydrogen-bond donors (Lipinski definition) is 1. The first-order valence-corrected chi connectivity index (χ1v) is 13.1. The van der Waals surface area contributed by atoms with Gasteiger partial charge in [0.15, 0.2) is 19.7 Å². The highest BCUT2D eigenvalue weighted by Crippen LogP contribution is 2.26.